The highest BCUT2D eigenvalue weighted by Gasteiger charge is 2.28. The molecule has 6 heteroatoms. The van der Waals surface area contributed by atoms with Gasteiger partial charge in [-0.15, -0.1) is 0 Å². The van der Waals surface area contributed by atoms with Gasteiger partial charge in [-0.05, 0) is 32.8 Å². The Kier molecular flexibility index (Phi) is 3.93. The van der Waals surface area contributed by atoms with Crippen LogP contribution in [-0.4, -0.2) is 34.6 Å². The maximum atomic E-state index is 11.4. The number of nitrogens with one attached hydrogen (secondary N) is 1. The number of nitrogen functional groups attached to an aromatic ring is 1. The molecule has 0 aliphatic carbocycles. The van der Waals surface area contributed by atoms with Gasteiger partial charge in [-0.25, -0.2) is 5.84 Å². The molecule has 0 atom stereocenters. The first-order valence-corrected chi connectivity index (χ1v) is 6.46. The van der Waals surface area contributed by atoms with E-state index in [1.54, 1.807) is 0 Å². The number of aliphatic hydroxyl groups is 1. The predicted molar refractivity (Wildman–Crippen MR) is 70.2 cm³/mol. The third-order valence-corrected chi connectivity index (χ3v) is 3.62. The number of hydrazine groups is 1. The zero-order chi connectivity index (χ0) is 14.0. The number of nitrogens with zero attached hydrogens (tertiary/aromatic N) is 1. The van der Waals surface area contributed by atoms with Gasteiger partial charge >= 0.3 is 5.91 Å². The lowest BCUT2D eigenvalue weighted by atomic mass is 9.94. The van der Waals surface area contributed by atoms with Gasteiger partial charge in [0.2, 0.25) is 0 Å². The van der Waals surface area contributed by atoms with E-state index in [-0.39, 0.29) is 5.76 Å². The van der Waals surface area contributed by atoms with Crippen molar-refractivity contribution in [1.82, 2.24) is 10.3 Å². The number of nitrogens with two attached hydrogens (primary N) is 1. The van der Waals surface area contributed by atoms with Crippen LogP contribution in [0, 0.1) is 6.92 Å². The monoisotopic (exact) mass is 267 g/mol. The van der Waals surface area contributed by atoms with Gasteiger partial charge < -0.3 is 9.52 Å². The van der Waals surface area contributed by atoms with Gasteiger partial charge in [0.05, 0.1) is 12.1 Å². The van der Waals surface area contributed by atoms with E-state index in [4.69, 9.17) is 10.3 Å². The van der Waals surface area contributed by atoms with E-state index in [1.807, 2.05) is 19.9 Å². The molecule has 1 aromatic rings. The normalized spacial score (nSPS) is 19.4. The topological polar surface area (TPSA) is 91.7 Å². The van der Waals surface area contributed by atoms with Crippen LogP contribution in [0.1, 0.15) is 41.6 Å². The molecule has 106 valence electrons. The zero-order valence-corrected chi connectivity index (χ0v) is 11.4. The van der Waals surface area contributed by atoms with Crippen molar-refractivity contribution in [2.24, 2.45) is 5.84 Å². The molecule has 1 amide bonds. The van der Waals surface area contributed by atoms with E-state index in [0.29, 0.717) is 6.54 Å². The van der Waals surface area contributed by atoms with E-state index in [2.05, 4.69) is 10.3 Å². The molecule has 1 aromatic heterocycles. The van der Waals surface area contributed by atoms with Gasteiger partial charge in [0.25, 0.3) is 0 Å². The van der Waals surface area contributed by atoms with E-state index in [9.17, 15) is 9.90 Å². The summed E-state index contributed by atoms with van der Waals surface area (Å²) in [4.78, 5) is 13.7. The molecule has 4 N–H and O–H groups in total. The van der Waals surface area contributed by atoms with Crippen LogP contribution in [0.4, 0.5) is 0 Å². The van der Waals surface area contributed by atoms with Gasteiger partial charge in [0.1, 0.15) is 5.76 Å². The van der Waals surface area contributed by atoms with Gasteiger partial charge in [0.15, 0.2) is 5.76 Å². The van der Waals surface area contributed by atoms with Crippen LogP contribution >= 0.6 is 0 Å². The van der Waals surface area contributed by atoms with Crippen LogP contribution in [-0.2, 0) is 6.54 Å². The maximum Gasteiger partial charge on any atom is 0.301 e. The lowest BCUT2D eigenvalue weighted by Crippen LogP contribution is -2.41. The first-order chi connectivity index (χ1) is 8.91. The van der Waals surface area contributed by atoms with Crippen LogP contribution in [0.15, 0.2) is 10.5 Å². The van der Waals surface area contributed by atoms with E-state index >= 15 is 0 Å². The summed E-state index contributed by atoms with van der Waals surface area (Å²) in [6, 6.07) is 1.86. The summed E-state index contributed by atoms with van der Waals surface area (Å²) in [7, 11) is 0. The lowest BCUT2D eigenvalue weighted by molar-refractivity contribution is -0.00873. The van der Waals surface area contributed by atoms with Crippen molar-refractivity contribution in [2.45, 2.75) is 38.8 Å². The molecule has 0 radical (unpaired) electrons. The fraction of sp³-hybridized carbons (Fsp3) is 0.615. The standard InChI is InChI=1S/C13H21N3O3/c1-9-7-10(19-11(9)12(17)15-14)8-16-5-3-13(2,18)4-6-16/h7,18H,3-6,8,14H2,1-2H3,(H,15,17). The zero-order valence-electron chi connectivity index (χ0n) is 11.4. The van der Waals surface area contributed by atoms with E-state index in [1.165, 1.54) is 0 Å². The Morgan fingerprint density at radius 1 is 1.58 bits per heavy atom. The fourth-order valence-corrected chi connectivity index (χ4v) is 2.33. The first kappa shape index (κ1) is 14.0. The Balaban J connectivity index is 1.99. The number of furan rings is 1. The maximum absolute atomic E-state index is 11.4. The molecule has 2 heterocycles. The molecule has 0 aromatic carbocycles. The average molecular weight is 267 g/mol. The molecule has 0 unspecified atom stereocenters. The number of piperidine rings is 1. The summed E-state index contributed by atoms with van der Waals surface area (Å²) < 4.78 is 5.53. The van der Waals surface area contributed by atoms with Crippen LogP contribution in [0.5, 0.6) is 0 Å². The molecule has 1 fully saturated rings. The predicted octanol–water partition coefficient (Wildman–Crippen LogP) is 0.538. The minimum Gasteiger partial charge on any atom is -0.454 e. The van der Waals surface area contributed by atoms with Crippen molar-refractivity contribution in [3.05, 3.63) is 23.2 Å². The summed E-state index contributed by atoms with van der Waals surface area (Å²) in [6.45, 7) is 5.98. The summed E-state index contributed by atoms with van der Waals surface area (Å²) in [5.41, 5.74) is 2.29. The minimum atomic E-state index is -0.555. The summed E-state index contributed by atoms with van der Waals surface area (Å²) >= 11 is 0. The molecule has 0 saturated carbocycles. The number of aryl methyl sites for hydroxylation is 1. The SMILES string of the molecule is Cc1cc(CN2CCC(C)(O)CC2)oc1C(=O)NN. The third-order valence-electron chi connectivity index (χ3n) is 3.62. The molecular formula is C13H21N3O3. The number of hydrogen-bond acceptors (Lipinski definition) is 5. The molecule has 1 aliphatic rings. The smallest absolute Gasteiger partial charge is 0.301 e. The van der Waals surface area contributed by atoms with Crippen molar-refractivity contribution >= 4 is 5.91 Å². The average Bonchev–Trinajstić information content (AvgIpc) is 2.72. The molecular weight excluding hydrogens is 246 g/mol. The van der Waals surface area contributed by atoms with E-state index in [0.717, 1.165) is 37.3 Å². The molecule has 2 rings (SSSR count). The Hall–Kier alpha value is -1.37. The Morgan fingerprint density at radius 2 is 2.21 bits per heavy atom. The summed E-state index contributed by atoms with van der Waals surface area (Å²) in [5, 5.41) is 9.89. The largest absolute Gasteiger partial charge is 0.454 e. The second-order valence-corrected chi connectivity index (χ2v) is 5.47. The molecule has 0 bridgehead atoms. The Bertz CT molecular complexity index is 458. The van der Waals surface area contributed by atoms with Crippen molar-refractivity contribution < 1.29 is 14.3 Å². The number of carbonyl (C=O) groups excluding carboxylic acids is 1. The molecule has 1 aliphatic heterocycles. The second kappa shape index (κ2) is 5.32. The Morgan fingerprint density at radius 3 is 2.79 bits per heavy atom. The summed E-state index contributed by atoms with van der Waals surface area (Å²) in [6.07, 6.45) is 1.51. The fourth-order valence-electron chi connectivity index (χ4n) is 2.33. The van der Waals surface area contributed by atoms with Crippen molar-refractivity contribution in [2.75, 3.05) is 13.1 Å². The van der Waals surface area contributed by atoms with Crippen LogP contribution in [0.25, 0.3) is 0 Å². The Labute approximate surface area is 112 Å². The lowest BCUT2D eigenvalue weighted by Gasteiger charge is -2.35. The summed E-state index contributed by atoms with van der Waals surface area (Å²) in [5.74, 6) is 5.70. The van der Waals surface area contributed by atoms with Gasteiger partial charge in [-0.1, -0.05) is 0 Å². The number of likely N-dealkylation sites (tertiary alicyclic amines) is 1. The van der Waals surface area contributed by atoms with E-state index < -0.39 is 11.5 Å². The highest BCUT2D eigenvalue weighted by Crippen LogP contribution is 2.23. The van der Waals surface area contributed by atoms with Gasteiger partial charge in [-0.2, -0.15) is 0 Å². The molecule has 6 nitrogen and oxygen atoms in total. The van der Waals surface area contributed by atoms with Crippen LogP contribution in [0.3, 0.4) is 0 Å². The van der Waals surface area contributed by atoms with Gasteiger partial charge in [-0.3, -0.25) is 15.1 Å². The number of rotatable bonds is 3. The first-order valence-electron chi connectivity index (χ1n) is 6.46. The number of carbonyl (C=O) groups is 1. The number of amides is 1. The molecule has 19 heavy (non-hydrogen) atoms. The van der Waals surface area contributed by atoms with Crippen molar-refractivity contribution in [1.29, 1.82) is 0 Å². The van der Waals surface area contributed by atoms with Crippen LogP contribution in [0.2, 0.25) is 0 Å². The molecule has 1 saturated heterocycles. The van der Waals surface area contributed by atoms with Crippen molar-refractivity contribution in [3.8, 4) is 0 Å². The van der Waals surface area contributed by atoms with Crippen LogP contribution < -0.4 is 11.3 Å². The highest BCUT2D eigenvalue weighted by atomic mass is 16.4. The van der Waals surface area contributed by atoms with Gasteiger partial charge in [0, 0.05) is 18.7 Å². The number of hydrogen-bond donors (Lipinski definition) is 3. The third kappa shape index (κ3) is 3.34. The minimum absolute atomic E-state index is 0.265. The highest BCUT2D eigenvalue weighted by molar-refractivity contribution is 5.92. The van der Waals surface area contributed by atoms with Crippen molar-refractivity contribution in [3.63, 3.8) is 0 Å². The molecule has 0 spiro atoms. The quantitative estimate of drug-likeness (QED) is 0.422. The second-order valence-electron chi connectivity index (χ2n) is 5.47.